The van der Waals surface area contributed by atoms with Crippen LogP contribution in [0.4, 0.5) is 4.79 Å². The molecule has 0 saturated carbocycles. The van der Waals surface area contributed by atoms with Gasteiger partial charge in [0.1, 0.15) is 11.6 Å². The summed E-state index contributed by atoms with van der Waals surface area (Å²) < 4.78 is 10.4. The minimum Gasteiger partial charge on any atom is -0.464 e. The van der Waals surface area contributed by atoms with Crippen molar-refractivity contribution < 1.29 is 19.1 Å². The van der Waals surface area contributed by atoms with E-state index in [0.717, 1.165) is 5.56 Å². The molecule has 1 N–H and O–H groups in total. The topological polar surface area (TPSA) is 64.6 Å². The number of benzene rings is 1. The summed E-state index contributed by atoms with van der Waals surface area (Å²) in [7, 11) is 0. The van der Waals surface area contributed by atoms with E-state index in [1.54, 1.807) is 33.8 Å². The smallest absolute Gasteiger partial charge is 0.408 e. The number of nitrogens with one attached hydrogen (secondary N) is 1. The number of alkyl carbamates (subject to hydrolysis) is 1. The number of carbonyl (C=O) groups excluding carboxylic acids is 2. The molecule has 0 spiro atoms. The van der Waals surface area contributed by atoms with Crippen LogP contribution >= 0.6 is 0 Å². The monoisotopic (exact) mass is 333 g/mol. The van der Waals surface area contributed by atoms with Crippen molar-refractivity contribution in [2.45, 2.75) is 51.7 Å². The number of hydrogen-bond acceptors (Lipinski definition) is 4. The molecule has 1 aromatic carbocycles. The molecule has 0 radical (unpaired) electrons. The molecule has 0 aliphatic rings. The number of amides is 1. The van der Waals surface area contributed by atoms with Crippen LogP contribution in [0, 0.1) is 0 Å². The molecule has 0 aliphatic carbocycles. The highest BCUT2D eigenvalue weighted by Crippen LogP contribution is 2.25. The third-order valence-electron chi connectivity index (χ3n) is 3.26. The Morgan fingerprint density at radius 3 is 2.38 bits per heavy atom. The van der Waals surface area contributed by atoms with Gasteiger partial charge in [0.2, 0.25) is 0 Å². The molecule has 0 aliphatic heterocycles. The van der Waals surface area contributed by atoms with Crippen molar-refractivity contribution in [3.63, 3.8) is 0 Å². The number of ether oxygens (including phenoxy) is 2. The lowest BCUT2D eigenvalue weighted by Crippen LogP contribution is -2.47. The largest absolute Gasteiger partial charge is 0.464 e. The Bertz CT molecular complexity index is 548. The fraction of sp³-hybridized carbons (Fsp3) is 0.474. The molecule has 132 valence electrons. The summed E-state index contributed by atoms with van der Waals surface area (Å²) in [6.07, 6.45) is 1.59. The summed E-state index contributed by atoms with van der Waals surface area (Å²) in [6, 6.07) is 8.66. The van der Waals surface area contributed by atoms with Crippen LogP contribution in [0.15, 0.2) is 43.0 Å². The van der Waals surface area contributed by atoms with E-state index in [0.29, 0.717) is 6.42 Å². The minimum absolute atomic E-state index is 0.237. The van der Waals surface area contributed by atoms with Gasteiger partial charge >= 0.3 is 12.1 Å². The first-order valence-electron chi connectivity index (χ1n) is 8.10. The van der Waals surface area contributed by atoms with Crippen LogP contribution in [0.3, 0.4) is 0 Å². The van der Waals surface area contributed by atoms with E-state index in [1.807, 2.05) is 30.3 Å². The fourth-order valence-electron chi connectivity index (χ4n) is 2.33. The summed E-state index contributed by atoms with van der Waals surface area (Å²) in [4.78, 5) is 24.6. The van der Waals surface area contributed by atoms with E-state index in [9.17, 15) is 9.59 Å². The van der Waals surface area contributed by atoms with Crippen LogP contribution in [0.5, 0.6) is 0 Å². The second-order valence-electron chi connectivity index (χ2n) is 6.42. The molecule has 2 unspecified atom stereocenters. The predicted octanol–water partition coefficient (Wildman–Crippen LogP) is 3.80. The molecule has 1 amide bonds. The molecule has 0 fully saturated rings. The molecule has 5 nitrogen and oxygen atoms in total. The van der Waals surface area contributed by atoms with Crippen LogP contribution in [0.1, 0.15) is 45.6 Å². The van der Waals surface area contributed by atoms with E-state index in [1.165, 1.54) is 0 Å². The predicted molar refractivity (Wildman–Crippen MR) is 93.8 cm³/mol. The number of allylic oxidation sites excluding steroid dienone is 1. The molecular weight excluding hydrogens is 306 g/mol. The highest BCUT2D eigenvalue weighted by atomic mass is 16.6. The molecule has 24 heavy (non-hydrogen) atoms. The molecule has 5 heteroatoms. The zero-order valence-corrected chi connectivity index (χ0v) is 14.9. The van der Waals surface area contributed by atoms with Crippen molar-refractivity contribution in [3.05, 3.63) is 48.6 Å². The first-order chi connectivity index (χ1) is 11.3. The second kappa shape index (κ2) is 9.11. The van der Waals surface area contributed by atoms with E-state index in [-0.39, 0.29) is 12.5 Å². The third kappa shape index (κ3) is 6.44. The van der Waals surface area contributed by atoms with Crippen molar-refractivity contribution in [1.29, 1.82) is 0 Å². The van der Waals surface area contributed by atoms with Crippen molar-refractivity contribution >= 4 is 12.1 Å². The SMILES string of the molecule is C=CCC(c1ccccc1)C(NC(=O)OC(C)(C)C)C(=O)OCC. The lowest BCUT2D eigenvalue weighted by Gasteiger charge is -2.28. The Hall–Kier alpha value is -2.30. The van der Waals surface area contributed by atoms with Crippen LogP contribution < -0.4 is 5.32 Å². The standard InChI is InChI=1S/C19H27NO4/c1-6-11-15(14-12-9-8-10-13-14)16(17(21)23-7-2)20-18(22)24-19(3,4)5/h6,8-10,12-13,15-16H,1,7,11H2,2-5H3,(H,20,22). The highest BCUT2D eigenvalue weighted by molar-refractivity contribution is 5.82. The van der Waals surface area contributed by atoms with Gasteiger partial charge < -0.3 is 14.8 Å². The van der Waals surface area contributed by atoms with E-state index in [4.69, 9.17) is 9.47 Å². The normalized spacial score (nSPS) is 13.5. The van der Waals surface area contributed by atoms with Gasteiger partial charge in [0, 0.05) is 5.92 Å². The van der Waals surface area contributed by atoms with E-state index < -0.39 is 23.7 Å². The summed E-state index contributed by atoms with van der Waals surface area (Å²) in [5, 5.41) is 2.66. The van der Waals surface area contributed by atoms with Gasteiger partial charge in [0.25, 0.3) is 0 Å². The van der Waals surface area contributed by atoms with Crippen LogP contribution in [-0.2, 0) is 14.3 Å². The maximum atomic E-state index is 12.4. The molecule has 2 atom stereocenters. The van der Waals surface area contributed by atoms with Crippen molar-refractivity contribution in [3.8, 4) is 0 Å². The first-order valence-corrected chi connectivity index (χ1v) is 8.10. The Kier molecular flexibility index (Phi) is 7.49. The van der Waals surface area contributed by atoms with Crippen molar-refractivity contribution in [1.82, 2.24) is 5.32 Å². The van der Waals surface area contributed by atoms with Gasteiger partial charge in [-0.3, -0.25) is 0 Å². The third-order valence-corrected chi connectivity index (χ3v) is 3.26. The number of carbonyl (C=O) groups is 2. The Balaban J connectivity index is 3.07. The first kappa shape index (κ1) is 19.7. The van der Waals surface area contributed by atoms with Crippen molar-refractivity contribution in [2.75, 3.05) is 6.61 Å². The Morgan fingerprint density at radius 2 is 1.88 bits per heavy atom. The van der Waals surface area contributed by atoms with Gasteiger partial charge in [-0.2, -0.15) is 0 Å². The Labute approximate surface area is 144 Å². The summed E-state index contributed by atoms with van der Waals surface area (Å²) >= 11 is 0. The molecule has 0 saturated heterocycles. The molecule has 0 heterocycles. The maximum Gasteiger partial charge on any atom is 0.408 e. The van der Waals surface area contributed by atoms with Crippen LogP contribution in [-0.4, -0.2) is 30.3 Å². The van der Waals surface area contributed by atoms with Gasteiger partial charge in [-0.05, 0) is 39.7 Å². The number of rotatable bonds is 7. The van der Waals surface area contributed by atoms with Crippen LogP contribution in [0.2, 0.25) is 0 Å². The highest BCUT2D eigenvalue weighted by Gasteiger charge is 2.33. The van der Waals surface area contributed by atoms with E-state index in [2.05, 4.69) is 11.9 Å². The summed E-state index contributed by atoms with van der Waals surface area (Å²) in [5.41, 5.74) is 0.274. The van der Waals surface area contributed by atoms with Crippen molar-refractivity contribution in [2.24, 2.45) is 0 Å². The second-order valence-corrected chi connectivity index (χ2v) is 6.42. The van der Waals surface area contributed by atoms with Gasteiger partial charge in [-0.15, -0.1) is 6.58 Å². The van der Waals surface area contributed by atoms with E-state index >= 15 is 0 Å². The quantitative estimate of drug-likeness (QED) is 0.609. The van der Waals surface area contributed by atoms with Crippen LogP contribution in [0.25, 0.3) is 0 Å². The van der Waals surface area contributed by atoms with Gasteiger partial charge in [0.15, 0.2) is 0 Å². The zero-order chi connectivity index (χ0) is 18.2. The molecule has 0 bridgehead atoms. The van der Waals surface area contributed by atoms with Gasteiger partial charge in [0.05, 0.1) is 6.61 Å². The van der Waals surface area contributed by atoms with Gasteiger partial charge in [-0.1, -0.05) is 36.4 Å². The molecule has 1 aromatic rings. The lowest BCUT2D eigenvalue weighted by atomic mass is 9.88. The summed E-state index contributed by atoms with van der Waals surface area (Å²) in [6.45, 7) is 11.0. The molecule has 0 aromatic heterocycles. The number of esters is 1. The maximum absolute atomic E-state index is 12.4. The fourth-order valence-corrected chi connectivity index (χ4v) is 2.33. The minimum atomic E-state index is -0.847. The molecule has 1 rings (SSSR count). The number of hydrogen-bond donors (Lipinski definition) is 1. The zero-order valence-electron chi connectivity index (χ0n) is 14.9. The Morgan fingerprint density at radius 1 is 1.25 bits per heavy atom. The van der Waals surface area contributed by atoms with Gasteiger partial charge in [-0.25, -0.2) is 9.59 Å². The molecular formula is C19H27NO4. The lowest BCUT2D eigenvalue weighted by molar-refractivity contribution is -0.146. The average molecular weight is 333 g/mol. The average Bonchev–Trinajstić information content (AvgIpc) is 2.50. The summed E-state index contributed by atoms with van der Waals surface area (Å²) in [5.74, 6) is -0.769.